The second-order valence-electron chi connectivity index (χ2n) is 2.00. The molecule has 0 saturated heterocycles. The van der Waals surface area contributed by atoms with Crippen molar-refractivity contribution >= 4 is 16.8 Å². The van der Waals surface area contributed by atoms with Crippen molar-refractivity contribution in [3.63, 3.8) is 0 Å². The van der Waals surface area contributed by atoms with Crippen LogP contribution in [0.25, 0.3) is 0 Å². The van der Waals surface area contributed by atoms with Crippen LogP contribution < -0.4 is 5.73 Å². The Morgan fingerprint density at radius 3 is 2.73 bits per heavy atom. The van der Waals surface area contributed by atoms with Gasteiger partial charge in [0.05, 0.1) is 0 Å². The summed E-state index contributed by atoms with van der Waals surface area (Å²) in [5.74, 6) is 0. The third-order valence-electron chi connectivity index (χ3n) is 1.26. The van der Waals surface area contributed by atoms with Gasteiger partial charge in [-0.3, -0.25) is 0 Å². The SMILES string of the molecule is C=C/C(Cl)=N\C=C(/CC)CN. The van der Waals surface area contributed by atoms with E-state index in [1.165, 1.54) is 6.08 Å². The minimum atomic E-state index is 0.393. The number of nitrogens with zero attached hydrogens (tertiary/aromatic N) is 1. The lowest BCUT2D eigenvalue weighted by atomic mass is 10.2. The summed E-state index contributed by atoms with van der Waals surface area (Å²) in [6.45, 7) is 6.02. The molecule has 0 aliphatic rings. The van der Waals surface area contributed by atoms with Gasteiger partial charge in [0.2, 0.25) is 0 Å². The number of nitrogens with two attached hydrogens (primary N) is 1. The molecular formula is C8H13ClN2. The van der Waals surface area contributed by atoms with E-state index in [4.69, 9.17) is 17.3 Å². The van der Waals surface area contributed by atoms with Crippen LogP contribution in [0.2, 0.25) is 0 Å². The van der Waals surface area contributed by atoms with E-state index < -0.39 is 0 Å². The summed E-state index contributed by atoms with van der Waals surface area (Å²) in [6.07, 6.45) is 4.08. The fourth-order valence-corrected chi connectivity index (χ4v) is 0.543. The van der Waals surface area contributed by atoms with Crippen molar-refractivity contribution in [1.29, 1.82) is 0 Å². The van der Waals surface area contributed by atoms with Crippen molar-refractivity contribution in [3.8, 4) is 0 Å². The van der Waals surface area contributed by atoms with Crippen LogP contribution in [0.15, 0.2) is 29.4 Å². The van der Waals surface area contributed by atoms with Crippen molar-refractivity contribution in [2.24, 2.45) is 10.7 Å². The summed E-state index contributed by atoms with van der Waals surface area (Å²) in [5, 5.41) is 0.393. The molecule has 0 rings (SSSR count). The maximum absolute atomic E-state index is 5.57. The molecule has 0 heterocycles. The van der Waals surface area contributed by atoms with E-state index in [2.05, 4.69) is 11.6 Å². The van der Waals surface area contributed by atoms with Crippen LogP contribution in [0.1, 0.15) is 13.3 Å². The third kappa shape index (κ3) is 4.76. The molecule has 11 heavy (non-hydrogen) atoms. The highest BCUT2D eigenvalue weighted by atomic mass is 35.5. The van der Waals surface area contributed by atoms with Gasteiger partial charge in [0.15, 0.2) is 0 Å². The number of halogens is 1. The van der Waals surface area contributed by atoms with Crippen LogP contribution in [0.4, 0.5) is 0 Å². The van der Waals surface area contributed by atoms with Crippen molar-refractivity contribution in [2.45, 2.75) is 13.3 Å². The van der Waals surface area contributed by atoms with E-state index in [1.807, 2.05) is 6.92 Å². The standard InChI is InChI=1S/C8H13ClN2/c1-3-7(5-10)6-11-8(9)4-2/h4,6H,2-3,5,10H2,1H3/b7-6+,11-8+. The van der Waals surface area contributed by atoms with E-state index in [1.54, 1.807) is 6.20 Å². The molecule has 0 unspecified atom stereocenters. The van der Waals surface area contributed by atoms with Crippen LogP contribution in [0.5, 0.6) is 0 Å². The largest absolute Gasteiger partial charge is 0.327 e. The maximum atomic E-state index is 5.57. The van der Waals surface area contributed by atoms with E-state index in [9.17, 15) is 0 Å². The highest BCUT2D eigenvalue weighted by Crippen LogP contribution is 1.98. The van der Waals surface area contributed by atoms with E-state index in [-0.39, 0.29) is 0 Å². The van der Waals surface area contributed by atoms with Gasteiger partial charge < -0.3 is 5.73 Å². The summed E-state index contributed by atoms with van der Waals surface area (Å²) < 4.78 is 0. The van der Waals surface area contributed by atoms with Gasteiger partial charge in [-0.05, 0) is 18.1 Å². The molecule has 0 fully saturated rings. The fourth-order valence-electron chi connectivity index (χ4n) is 0.494. The van der Waals surface area contributed by atoms with Crippen molar-refractivity contribution in [1.82, 2.24) is 0 Å². The zero-order valence-electron chi connectivity index (χ0n) is 6.68. The van der Waals surface area contributed by atoms with Crippen molar-refractivity contribution < 1.29 is 0 Å². The zero-order chi connectivity index (χ0) is 8.69. The van der Waals surface area contributed by atoms with Gasteiger partial charge in [0.25, 0.3) is 0 Å². The number of aliphatic imine (C=N–C) groups is 1. The lowest BCUT2D eigenvalue weighted by Crippen LogP contribution is -2.01. The Morgan fingerprint density at radius 1 is 1.73 bits per heavy atom. The van der Waals surface area contributed by atoms with Gasteiger partial charge in [-0.2, -0.15) is 0 Å². The molecule has 3 heteroatoms. The Balaban J connectivity index is 4.17. The van der Waals surface area contributed by atoms with Crippen LogP contribution in [-0.2, 0) is 0 Å². The molecule has 0 bridgehead atoms. The smallest absolute Gasteiger partial charge is 0.128 e. The van der Waals surface area contributed by atoms with Gasteiger partial charge >= 0.3 is 0 Å². The van der Waals surface area contributed by atoms with Gasteiger partial charge in [0.1, 0.15) is 5.17 Å². The average Bonchev–Trinajstić information content (AvgIpc) is 2.06. The minimum absolute atomic E-state index is 0.393. The van der Waals surface area contributed by atoms with Crippen LogP contribution in [0, 0.1) is 0 Å². The Hall–Kier alpha value is -0.600. The molecule has 0 aromatic carbocycles. The molecule has 0 saturated carbocycles. The molecule has 0 amide bonds. The summed E-state index contributed by atoms with van der Waals surface area (Å²) in [7, 11) is 0. The third-order valence-corrected chi connectivity index (χ3v) is 1.51. The zero-order valence-corrected chi connectivity index (χ0v) is 7.43. The first-order valence-corrected chi connectivity index (χ1v) is 3.86. The normalized spacial score (nSPS) is 13.4. The molecule has 0 aromatic heterocycles. The average molecular weight is 173 g/mol. The minimum Gasteiger partial charge on any atom is -0.327 e. The summed E-state index contributed by atoms with van der Waals surface area (Å²) in [6, 6.07) is 0. The predicted molar refractivity (Wildman–Crippen MR) is 50.9 cm³/mol. The van der Waals surface area contributed by atoms with Crippen LogP contribution in [-0.4, -0.2) is 11.7 Å². The second kappa shape index (κ2) is 6.13. The first kappa shape index (κ1) is 10.4. The van der Waals surface area contributed by atoms with Gasteiger partial charge in [0, 0.05) is 12.7 Å². The molecule has 2 nitrogen and oxygen atoms in total. The molecule has 0 aromatic rings. The number of hydrogen-bond donors (Lipinski definition) is 1. The lowest BCUT2D eigenvalue weighted by Gasteiger charge is -1.95. The van der Waals surface area contributed by atoms with E-state index in [0.29, 0.717) is 11.7 Å². The molecule has 0 atom stereocenters. The monoisotopic (exact) mass is 172 g/mol. The van der Waals surface area contributed by atoms with Gasteiger partial charge in [-0.25, -0.2) is 4.99 Å². The molecule has 0 radical (unpaired) electrons. The van der Waals surface area contributed by atoms with Crippen LogP contribution >= 0.6 is 11.6 Å². The Morgan fingerprint density at radius 2 is 2.36 bits per heavy atom. The molecule has 0 aliphatic heterocycles. The van der Waals surface area contributed by atoms with Crippen molar-refractivity contribution in [2.75, 3.05) is 6.54 Å². The molecule has 0 spiro atoms. The summed E-state index contributed by atoms with van der Waals surface area (Å²) in [4.78, 5) is 3.91. The molecule has 0 aliphatic carbocycles. The van der Waals surface area contributed by atoms with Crippen LogP contribution in [0.3, 0.4) is 0 Å². The quantitative estimate of drug-likeness (QED) is 0.648. The Kier molecular flexibility index (Phi) is 5.80. The molecule has 2 N–H and O–H groups in total. The first-order chi connectivity index (χ1) is 5.24. The van der Waals surface area contributed by atoms with Gasteiger partial charge in [-0.1, -0.05) is 25.1 Å². The predicted octanol–water partition coefficient (Wildman–Crippen LogP) is 2.06. The number of hydrogen-bond acceptors (Lipinski definition) is 2. The Labute approximate surface area is 72.5 Å². The maximum Gasteiger partial charge on any atom is 0.128 e. The van der Waals surface area contributed by atoms with Crippen molar-refractivity contribution in [3.05, 3.63) is 24.4 Å². The van der Waals surface area contributed by atoms with E-state index in [0.717, 1.165) is 12.0 Å². The van der Waals surface area contributed by atoms with Gasteiger partial charge in [-0.15, -0.1) is 0 Å². The lowest BCUT2D eigenvalue weighted by molar-refractivity contribution is 0.999. The number of rotatable bonds is 4. The number of allylic oxidation sites excluding steroid dienone is 1. The highest BCUT2D eigenvalue weighted by molar-refractivity contribution is 6.68. The summed E-state index contributed by atoms with van der Waals surface area (Å²) >= 11 is 5.57. The summed E-state index contributed by atoms with van der Waals surface area (Å²) in [5.41, 5.74) is 6.48. The fraction of sp³-hybridized carbons (Fsp3) is 0.375. The van der Waals surface area contributed by atoms with E-state index >= 15 is 0 Å². The molecule has 62 valence electrons. The highest BCUT2D eigenvalue weighted by Gasteiger charge is 1.87. The Bertz CT molecular complexity index is 177. The first-order valence-electron chi connectivity index (χ1n) is 3.48. The second-order valence-corrected chi connectivity index (χ2v) is 2.39. The molecular weight excluding hydrogens is 160 g/mol. The topological polar surface area (TPSA) is 38.4 Å².